The molecule has 1 aromatic carbocycles. The fraction of sp³-hybridized carbons (Fsp3) is 0.500. The molecule has 0 unspecified atom stereocenters. The molecule has 1 rings (SSSR count). The number of hydrogen-bond donors (Lipinski definition) is 1. The molecule has 102 valence electrons. The number of benzene rings is 1. The number of hydrogen-bond acceptors (Lipinski definition) is 2. The second-order valence-electron chi connectivity index (χ2n) is 4.36. The summed E-state index contributed by atoms with van der Waals surface area (Å²) in [6.45, 7) is 2.22. The van der Waals surface area contributed by atoms with Crippen LogP contribution >= 0.6 is 0 Å². The van der Waals surface area contributed by atoms with E-state index in [4.69, 9.17) is 5.73 Å². The molecule has 0 amide bonds. The number of alkyl halides is 3. The van der Waals surface area contributed by atoms with Crippen LogP contribution in [0.2, 0.25) is 0 Å². The quantitative estimate of drug-likeness (QED) is 0.847. The van der Waals surface area contributed by atoms with Crippen molar-refractivity contribution in [1.82, 2.24) is 0 Å². The Morgan fingerprint density at radius 2 is 1.83 bits per heavy atom. The molecule has 0 aromatic heterocycles. The van der Waals surface area contributed by atoms with Gasteiger partial charge in [-0.3, -0.25) is 0 Å². The summed E-state index contributed by atoms with van der Waals surface area (Å²) in [4.78, 5) is 1.10. The number of nitrogens with two attached hydrogens (primary N) is 1. The van der Waals surface area contributed by atoms with E-state index >= 15 is 0 Å². The number of halogens is 4. The Kier molecular flexibility index (Phi) is 4.56. The maximum Gasteiger partial charge on any atom is 0.405 e. The summed E-state index contributed by atoms with van der Waals surface area (Å²) < 4.78 is 50.7. The van der Waals surface area contributed by atoms with Crippen molar-refractivity contribution in [3.63, 3.8) is 0 Å². The van der Waals surface area contributed by atoms with Crippen LogP contribution < -0.4 is 10.6 Å². The summed E-state index contributed by atoms with van der Waals surface area (Å²) in [6, 6.07) is 3.40. The smallest absolute Gasteiger partial charge is 0.360 e. The summed E-state index contributed by atoms with van der Waals surface area (Å²) in [5.41, 5.74) is 6.05. The first-order valence-electron chi connectivity index (χ1n) is 5.56. The van der Waals surface area contributed by atoms with Crippen LogP contribution in [0.15, 0.2) is 18.2 Å². The van der Waals surface area contributed by atoms with Crippen molar-refractivity contribution in [3.8, 4) is 0 Å². The van der Waals surface area contributed by atoms with Gasteiger partial charge >= 0.3 is 6.18 Å². The highest BCUT2D eigenvalue weighted by Gasteiger charge is 2.32. The second-order valence-corrected chi connectivity index (χ2v) is 4.36. The van der Waals surface area contributed by atoms with Gasteiger partial charge in [-0.1, -0.05) is 0 Å². The fourth-order valence-electron chi connectivity index (χ4n) is 1.68. The maximum absolute atomic E-state index is 13.3. The molecule has 0 saturated carbocycles. The van der Waals surface area contributed by atoms with Gasteiger partial charge in [0.15, 0.2) is 0 Å². The van der Waals surface area contributed by atoms with Gasteiger partial charge in [-0.05, 0) is 37.6 Å². The molecule has 0 spiro atoms. The Morgan fingerprint density at radius 1 is 1.22 bits per heavy atom. The van der Waals surface area contributed by atoms with Crippen LogP contribution in [0, 0.1) is 5.82 Å². The zero-order chi connectivity index (χ0) is 13.9. The van der Waals surface area contributed by atoms with Gasteiger partial charge in [0.2, 0.25) is 0 Å². The molecule has 0 aliphatic rings. The Labute approximate surface area is 103 Å². The molecular formula is C12H16F4N2. The summed E-state index contributed by atoms with van der Waals surface area (Å²) in [5.74, 6) is -0.583. The van der Waals surface area contributed by atoms with Crippen molar-refractivity contribution in [2.24, 2.45) is 5.73 Å². The molecular weight excluding hydrogens is 248 g/mol. The Balaban J connectivity index is 3.09. The summed E-state index contributed by atoms with van der Waals surface area (Å²) in [7, 11) is 0. The molecule has 0 atom stereocenters. The lowest BCUT2D eigenvalue weighted by Crippen LogP contribution is -2.39. The lowest BCUT2D eigenvalue weighted by Gasteiger charge is -2.30. The van der Waals surface area contributed by atoms with Crippen LogP contribution in [0.1, 0.15) is 19.4 Å². The Hall–Kier alpha value is -1.30. The van der Waals surface area contributed by atoms with E-state index in [9.17, 15) is 17.6 Å². The van der Waals surface area contributed by atoms with Crippen molar-refractivity contribution in [2.75, 3.05) is 11.4 Å². The number of rotatable bonds is 4. The van der Waals surface area contributed by atoms with Gasteiger partial charge in [0.05, 0.1) is 0 Å². The highest BCUT2D eigenvalue weighted by Crippen LogP contribution is 2.25. The van der Waals surface area contributed by atoms with Crippen LogP contribution in [0.5, 0.6) is 0 Å². The lowest BCUT2D eigenvalue weighted by atomic mass is 10.1. The molecule has 0 aliphatic heterocycles. The number of anilines is 1. The van der Waals surface area contributed by atoms with Crippen molar-refractivity contribution >= 4 is 5.69 Å². The molecule has 18 heavy (non-hydrogen) atoms. The first-order valence-corrected chi connectivity index (χ1v) is 5.56. The standard InChI is InChI=1S/C12H16F4N2/c1-8(2)18(7-12(14,15)16)11-4-9(6-17)3-10(13)5-11/h3-5,8H,6-7,17H2,1-2H3. The SMILES string of the molecule is CC(C)N(CC(F)(F)F)c1cc(F)cc(CN)c1. The monoisotopic (exact) mass is 264 g/mol. The van der Waals surface area contributed by atoms with E-state index in [1.807, 2.05) is 0 Å². The van der Waals surface area contributed by atoms with Crippen LogP contribution in [-0.2, 0) is 6.54 Å². The largest absolute Gasteiger partial charge is 0.405 e. The van der Waals surface area contributed by atoms with E-state index in [-0.39, 0.29) is 18.3 Å². The predicted molar refractivity (Wildman–Crippen MR) is 62.8 cm³/mol. The molecule has 0 radical (unpaired) electrons. The van der Waals surface area contributed by atoms with Gasteiger partial charge < -0.3 is 10.6 Å². The van der Waals surface area contributed by atoms with E-state index in [1.54, 1.807) is 13.8 Å². The molecule has 0 saturated heterocycles. The average Bonchev–Trinajstić information content (AvgIpc) is 2.23. The molecule has 1 aromatic rings. The minimum Gasteiger partial charge on any atom is -0.360 e. The van der Waals surface area contributed by atoms with E-state index in [2.05, 4.69) is 0 Å². The van der Waals surface area contributed by atoms with E-state index in [1.165, 1.54) is 12.1 Å². The third kappa shape index (κ3) is 4.18. The molecule has 6 heteroatoms. The fourth-order valence-corrected chi connectivity index (χ4v) is 1.68. The Bertz CT molecular complexity index is 402. The predicted octanol–water partition coefficient (Wildman–Crippen LogP) is 3.06. The van der Waals surface area contributed by atoms with Gasteiger partial charge in [0, 0.05) is 18.3 Å². The van der Waals surface area contributed by atoms with Crippen LogP contribution in [0.25, 0.3) is 0 Å². The van der Waals surface area contributed by atoms with Crippen molar-refractivity contribution in [3.05, 3.63) is 29.6 Å². The van der Waals surface area contributed by atoms with Gasteiger partial charge in [0.1, 0.15) is 12.4 Å². The summed E-state index contributed by atoms with van der Waals surface area (Å²) >= 11 is 0. The zero-order valence-electron chi connectivity index (χ0n) is 10.3. The molecule has 2 N–H and O–H groups in total. The van der Waals surface area contributed by atoms with E-state index in [0.29, 0.717) is 5.56 Å². The lowest BCUT2D eigenvalue weighted by molar-refractivity contribution is -0.120. The van der Waals surface area contributed by atoms with Crippen LogP contribution in [0.4, 0.5) is 23.2 Å². The number of nitrogens with zero attached hydrogens (tertiary/aromatic N) is 1. The highest BCUT2D eigenvalue weighted by molar-refractivity contribution is 5.50. The minimum absolute atomic E-state index is 0.0860. The third-order valence-electron chi connectivity index (χ3n) is 2.48. The van der Waals surface area contributed by atoms with Crippen molar-refractivity contribution in [1.29, 1.82) is 0 Å². The average molecular weight is 264 g/mol. The summed E-state index contributed by atoms with van der Waals surface area (Å²) in [6.07, 6.45) is -4.33. The van der Waals surface area contributed by atoms with E-state index in [0.717, 1.165) is 11.0 Å². The van der Waals surface area contributed by atoms with E-state index < -0.39 is 18.5 Å². The van der Waals surface area contributed by atoms with Crippen molar-refractivity contribution < 1.29 is 17.6 Å². The first-order chi connectivity index (χ1) is 8.23. The van der Waals surface area contributed by atoms with Gasteiger partial charge in [0.25, 0.3) is 0 Å². The molecule has 0 aliphatic carbocycles. The molecule has 0 fully saturated rings. The summed E-state index contributed by atoms with van der Waals surface area (Å²) in [5, 5.41) is 0. The molecule has 0 bridgehead atoms. The minimum atomic E-state index is -4.33. The van der Waals surface area contributed by atoms with Crippen molar-refractivity contribution in [2.45, 2.75) is 32.6 Å². The van der Waals surface area contributed by atoms with Gasteiger partial charge in [-0.25, -0.2) is 4.39 Å². The van der Waals surface area contributed by atoms with Gasteiger partial charge in [-0.15, -0.1) is 0 Å². The molecule has 0 heterocycles. The third-order valence-corrected chi connectivity index (χ3v) is 2.48. The first kappa shape index (κ1) is 14.8. The maximum atomic E-state index is 13.3. The highest BCUT2D eigenvalue weighted by atomic mass is 19.4. The zero-order valence-corrected chi connectivity index (χ0v) is 10.3. The molecule has 2 nitrogen and oxygen atoms in total. The van der Waals surface area contributed by atoms with Gasteiger partial charge in [-0.2, -0.15) is 13.2 Å². The van der Waals surface area contributed by atoms with Crippen LogP contribution in [-0.4, -0.2) is 18.8 Å². The van der Waals surface area contributed by atoms with Crippen LogP contribution in [0.3, 0.4) is 0 Å². The normalized spacial score (nSPS) is 12.0. The second kappa shape index (κ2) is 5.56. The Morgan fingerprint density at radius 3 is 2.28 bits per heavy atom. The topological polar surface area (TPSA) is 29.3 Å².